The number of aliphatic carboxylic acids is 2. The first-order valence-electron chi connectivity index (χ1n) is 5.94. The average molecular weight is 240 g/mol. The lowest BCUT2D eigenvalue weighted by atomic mass is 9.76. The molecule has 1 fully saturated rings. The van der Waals surface area contributed by atoms with Crippen molar-refractivity contribution in [2.75, 3.05) is 0 Å². The van der Waals surface area contributed by atoms with E-state index >= 15 is 0 Å². The molecule has 17 heavy (non-hydrogen) atoms. The molecule has 0 aromatic carbocycles. The Labute approximate surface area is 99.8 Å². The van der Waals surface area contributed by atoms with Crippen molar-refractivity contribution in [2.24, 2.45) is 11.8 Å². The maximum atomic E-state index is 11.9. The van der Waals surface area contributed by atoms with Crippen LogP contribution in [0, 0.1) is 11.8 Å². The van der Waals surface area contributed by atoms with E-state index in [0.717, 1.165) is 6.42 Å². The number of carboxylic acids is 2. The van der Waals surface area contributed by atoms with Crippen molar-refractivity contribution in [3.63, 3.8) is 0 Å². The number of rotatable bonds is 6. The zero-order chi connectivity index (χ0) is 12.8. The van der Waals surface area contributed by atoms with Gasteiger partial charge >= 0.3 is 0 Å². The van der Waals surface area contributed by atoms with Gasteiger partial charge in [-0.15, -0.1) is 0 Å². The van der Waals surface area contributed by atoms with Crippen molar-refractivity contribution >= 4 is 17.7 Å². The monoisotopic (exact) mass is 240 g/mol. The number of carbonyl (C=O) groups is 3. The van der Waals surface area contributed by atoms with Gasteiger partial charge in [-0.1, -0.05) is 6.42 Å². The van der Waals surface area contributed by atoms with Gasteiger partial charge in [0.05, 0.1) is 0 Å². The number of ketones is 1. The quantitative estimate of drug-likeness (QED) is 0.595. The Balaban J connectivity index is 2.44. The fraction of sp³-hybridized carbons (Fsp3) is 0.750. The SMILES string of the molecule is O=C([O-])CC[C@@H]1CCC[C@@H](CCC(=O)[O-])C1=O. The molecule has 1 rings (SSSR count). The summed E-state index contributed by atoms with van der Waals surface area (Å²) in [4.78, 5) is 32.6. The van der Waals surface area contributed by atoms with Gasteiger partial charge in [0, 0.05) is 23.8 Å². The number of hydrogen-bond donors (Lipinski definition) is 0. The highest BCUT2D eigenvalue weighted by Crippen LogP contribution is 2.31. The summed E-state index contributed by atoms with van der Waals surface area (Å²) < 4.78 is 0. The second kappa shape index (κ2) is 6.37. The van der Waals surface area contributed by atoms with E-state index in [1.54, 1.807) is 0 Å². The van der Waals surface area contributed by atoms with E-state index in [1.165, 1.54) is 0 Å². The highest BCUT2D eigenvalue weighted by molar-refractivity contribution is 5.84. The van der Waals surface area contributed by atoms with Gasteiger partial charge in [0.25, 0.3) is 0 Å². The van der Waals surface area contributed by atoms with Crippen LogP contribution in [0.4, 0.5) is 0 Å². The van der Waals surface area contributed by atoms with Crippen molar-refractivity contribution in [1.29, 1.82) is 0 Å². The Hall–Kier alpha value is -1.39. The summed E-state index contributed by atoms with van der Waals surface area (Å²) in [7, 11) is 0. The first-order chi connectivity index (χ1) is 8.00. The maximum Gasteiger partial charge on any atom is 0.139 e. The molecule has 0 aliphatic heterocycles. The number of hydrogen-bond acceptors (Lipinski definition) is 5. The largest absolute Gasteiger partial charge is 0.550 e. The van der Waals surface area contributed by atoms with E-state index in [1.807, 2.05) is 0 Å². The summed E-state index contributed by atoms with van der Waals surface area (Å²) in [5.74, 6) is -2.76. The average Bonchev–Trinajstić information content (AvgIpc) is 2.25. The highest BCUT2D eigenvalue weighted by atomic mass is 16.4. The van der Waals surface area contributed by atoms with E-state index < -0.39 is 11.9 Å². The van der Waals surface area contributed by atoms with Gasteiger partial charge < -0.3 is 19.8 Å². The Kier molecular flexibility index (Phi) is 5.12. The van der Waals surface area contributed by atoms with Gasteiger partial charge in [-0.3, -0.25) is 4.79 Å². The molecule has 0 spiro atoms. The molecular formula is C12H16O5-2. The summed E-state index contributed by atoms with van der Waals surface area (Å²) in [6, 6.07) is 0. The van der Waals surface area contributed by atoms with E-state index in [9.17, 15) is 24.6 Å². The lowest BCUT2D eigenvalue weighted by Gasteiger charge is -2.28. The molecule has 0 aromatic rings. The summed E-state index contributed by atoms with van der Waals surface area (Å²) in [6.45, 7) is 0. The smallest absolute Gasteiger partial charge is 0.139 e. The summed E-state index contributed by atoms with van der Waals surface area (Å²) in [5, 5.41) is 20.7. The van der Waals surface area contributed by atoms with E-state index in [0.29, 0.717) is 25.7 Å². The third-order valence-electron chi connectivity index (χ3n) is 3.30. The lowest BCUT2D eigenvalue weighted by molar-refractivity contribution is -0.307. The molecule has 1 saturated carbocycles. The minimum absolute atomic E-state index is 0.0127. The molecule has 1 aliphatic rings. The molecule has 5 heteroatoms. The molecule has 0 N–H and O–H groups in total. The van der Waals surface area contributed by atoms with E-state index in [-0.39, 0.29) is 30.5 Å². The Morgan fingerprint density at radius 1 is 1.00 bits per heavy atom. The van der Waals surface area contributed by atoms with Crippen molar-refractivity contribution in [1.82, 2.24) is 0 Å². The van der Waals surface area contributed by atoms with Gasteiger partial charge in [0.15, 0.2) is 0 Å². The second-order valence-corrected chi connectivity index (χ2v) is 4.55. The maximum absolute atomic E-state index is 11.9. The van der Waals surface area contributed by atoms with Gasteiger partial charge in [-0.05, 0) is 38.5 Å². The summed E-state index contributed by atoms with van der Waals surface area (Å²) >= 11 is 0. The summed E-state index contributed by atoms with van der Waals surface area (Å²) in [6.07, 6.45) is 2.65. The number of carbonyl (C=O) groups excluding carboxylic acids is 3. The Morgan fingerprint density at radius 2 is 1.41 bits per heavy atom. The van der Waals surface area contributed by atoms with Gasteiger partial charge in [-0.2, -0.15) is 0 Å². The first-order valence-corrected chi connectivity index (χ1v) is 5.94. The Morgan fingerprint density at radius 3 is 1.76 bits per heavy atom. The van der Waals surface area contributed by atoms with Gasteiger partial charge in [0.2, 0.25) is 0 Å². The van der Waals surface area contributed by atoms with Crippen LogP contribution in [0.25, 0.3) is 0 Å². The second-order valence-electron chi connectivity index (χ2n) is 4.55. The van der Waals surface area contributed by atoms with Crippen LogP contribution in [0.1, 0.15) is 44.9 Å². The molecule has 1 aliphatic carbocycles. The van der Waals surface area contributed by atoms with Gasteiger partial charge in [-0.25, -0.2) is 0 Å². The predicted molar refractivity (Wildman–Crippen MR) is 54.3 cm³/mol. The van der Waals surface area contributed by atoms with Crippen molar-refractivity contribution in [3.05, 3.63) is 0 Å². The van der Waals surface area contributed by atoms with Crippen LogP contribution in [0.2, 0.25) is 0 Å². The van der Waals surface area contributed by atoms with E-state index in [2.05, 4.69) is 0 Å². The minimum atomic E-state index is -1.14. The molecule has 0 saturated heterocycles. The molecule has 5 nitrogen and oxygen atoms in total. The van der Waals surface area contributed by atoms with Crippen molar-refractivity contribution < 1.29 is 24.6 Å². The van der Waals surface area contributed by atoms with Gasteiger partial charge in [0.1, 0.15) is 5.78 Å². The molecule has 0 heterocycles. The van der Waals surface area contributed by atoms with Crippen LogP contribution >= 0.6 is 0 Å². The molecule has 0 radical (unpaired) electrons. The van der Waals surface area contributed by atoms with Crippen molar-refractivity contribution in [2.45, 2.75) is 44.9 Å². The number of Topliss-reactive ketones (excluding diaryl/α,β-unsaturated/α-hetero) is 1. The normalized spacial score (nSPS) is 24.6. The van der Waals surface area contributed by atoms with Crippen LogP contribution in [-0.4, -0.2) is 17.7 Å². The highest BCUT2D eigenvalue weighted by Gasteiger charge is 2.30. The lowest BCUT2D eigenvalue weighted by Crippen LogP contribution is -2.32. The molecule has 0 aromatic heterocycles. The molecule has 0 amide bonds. The topological polar surface area (TPSA) is 97.3 Å². The molecular weight excluding hydrogens is 224 g/mol. The van der Waals surface area contributed by atoms with Crippen LogP contribution in [0.15, 0.2) is 0 Å². The zero-order valence-electron chi connectivity index (χ0n) is 9.65. The van der Waals surface area contributed by atoms with Crippen LogP contribution < -0.4 is 10.2 Å². The molecule has 0 bridgehead atoms. The van der Waals surface area contributed by atoms with Crippen LogP contribution in [0.5, 0.6) is 0 Å². The Bertz CT molecular complexity index is 282. The van der Waals surface area contributed by atoms with Crippen LogP contribution in [-0.2, 0) is 14.4 Å². The predicted octanol–water partition coefficient (Wildman–Crippen LogP) is -0.968. The fourth-order valence-corrected chi connectivity index (χ4v) is 2.39. The zero-order valence-corrected chi connectivity index (χ0v) is 9.65. The third kappa shape index (κ3) is 4.54. The van der Waals surface area contributed by atoms with Crippen molar-refractivity contribution in [3.8, 4) is 0 Å². The standard InChI is InChI=1S/C12H18O5/c13-10(14)6-4-8-2-1-3-9(12(8)17)5-7-11(15)16/h8-9H,1-7H2,(H,13,14)(H,15,16)/p-2/t8-,9-/m0/s1. The molecule has 2 atom stereocenters. The van der Waals surface area contributed by atoms with Crippen LogP contribution in [0.3, 0.4) is 0 Å². The first kappa shape index (κ1) is 13.7. The number of carboxylic acid groups (broad SMARTS) is 2. The minimum Gasteiger partial charge on any atom is -0.550 e. The van der Waals surface area contributed by atoms with E-state index in [4.69, 9.17) is 0 Å². The summed E-state index contributed by atoms with van der Waals surface area (Å²) in [5.41, 5.74) is 0. The third-order valence-corrected chi connectivity index (χ3v) is 3.30. The fourth-order valence-electron chi connectivity index (χ4n) is 2.39. The molecule has 96 valence electrons. The molecule has 0 unspecified atom stereocenters.